The van der Waals surface area contributed by atoms with E-state index in [1.54, 1.807) is 14.2 Å². The molecule has 0 radical (unpaired) electrons. The lowest BCUT2D eigenvalue weighted by atomic mass is 10.2. The highest BCUT2D eigenvalue weighted by molar-refractivity contribution is 5.24. The normalized spacial score (nSPS) is 12.1. The van der Waals surface area contributed by atoms with Crippen LogP contribution in [0.2, 0.25) is 0 Å². The molecule has 0 saturated heterocycles. The maximum atomic E-state index is 5.06. The molecule has 0 rings (SSSR count). The third-order valence-electron chi connectivity index (χ3n) is 1.29. The SMILES string of the molecule is C=C(C)/C(=C\C=C/COC)OC. The molecule has 0 amide bonds. The highest BCUT2D eigenvalue weighted by Crippen LogP contribution is 2.06. The Hall–Kier alpha value is -1.02. The summed E-state index contributed by atoms with van der Waals surface area (Å²) in [6.45, 7) is 6.28. The maximum Gasteiger partial charge on any atom is 0.121 e. The van der Waals surface area contributed by atoms with Gasteiger partial charge in [-0.05, 0) is 18.6 Å². The molecular formula is C10H16O2. The Morgan fingerprint density at radius 3 is 2.50 bits per heavy atom. The molecule has 0 aromatic heterocycles. The van der Waals surface area contributed by atoms with Crippen LogP contribution in [0.3, 0.4) is 0 Å². The van der Waals surface area contributed by atoms with Crippen molar-refractivity contribution in [1.29, 1.82) is 0 Å². The van der Waals surface area contributed by atoms with E-state index in [0.717, 1.165) is 11.3 Å². The minimum absolute atomic E-state index is 0.615. The molecule has 0 heterocycles. The molecule has 0 bridgehead atoms. The largest absolute Gasteiger partial charge is 0.497 e. The van der Waals surface area contributed by atoms with Gasteiger partial charge in [0.15, 0.2) is 0 Å². The number of rotatable bonds is 5. The van der Waals surface area contributed by atoms with E-state index < -0.39 is 0 Å². The van der Waals surface area contributed by atoms with Gasteiger partial charge < -0.3 is 9.47 Å². The summed E-state index contributed by atoms with van der Waals surface area (Å²) in [5, 5.41) is 0. The van der Waals surface area contributed by atoms with Gasteiger partial charge in [-0.3, -0.25) is 0 Å². The lowest BCUT2D eigenvalue weighted by molar-refractivity contribution is 0.234. The van der Waals surface area contributed by atoms with Crippen LogP contribution >= 0.6 is 0 Å². The molecule has 68 valence electrons. The van der Waals surface area contributed by atoms with Gasteiger partial charge in [-0.1, -0.05) is 18.7 Å². The summed E-state index contributed by atoms with van der Waals surface area (Å²) >= 11 is 0. The predicted octanol–water partition coefficient (Wildman–Crippen LogP) is 2.30. The standard InChI is InChI=1S/C10H16O2/c1-9(2)10(12-4)7-5-6-8-11-3/h5-7H,1,8H2,2-4H3/b6-5-,10-7+. The molecule has 2 heteroatoms. The van der Waals surface area contributed by atoms with Gasteiger partial charge in [0.2, 0.25) is 0 Å². The Morgan fingerprint density at radius 2 is 2.08 bits per heavy atom. The zero-order valence-electron chi connectivity index (χ0n) is 7.96. The molecule has 0 atom stereocenters. The Kier molecular flexibility index (Phi) is 6.11. The van der Waals surface area contributed by atoms with E-state index >= 15 is 0 Å². The van der Waals surface area contributed by atoms with Crippen LogP contribution in [0.15, 0.2) is 36.1 Å². The third-order valence-corrected chi connectivity index (χ3v) is 1.29. The average Bonchev–Trinajstić information content (AvgIpc) is 2.04. The molecule has 12 heavy (non-hydrogen) atoms. The van der Waals surface area contributed by atoms with E-state index in [1.807, 2.05) is 25.2 Å². The van der Waals surface area contributed by atoms with Crippen LogP contribution in [0, 0.1) is 0 Å². The molecule has 0 aliphatic heterocycles. The molecule has 0 N–H and O–H groups in total. The molecular weight excluding hydrogens is 152 g/mol. The highest BCUT2D eigenvalue weighted by Gasteiger charge is 1.91. The van der Waals surface area contributed by atoms with E-state index in [1.165, 1.54) is 0 Å². The summed E-state index contributed by atoms with van der Waals surface area (Å²) < 4.78 is 9.90. The molecule has 0 aromatic carbocycles. The monoisotopic (exact) mass is 168 g/mol. The first kappa shape index (κ1) is 11.0. The number of hydrogen-bond donors (Lipinski definition) is 0. The predicted molar refractivity (Wildman–Crippen MR) is 50.9 cm³/mol. The first-order chi connectivity index (χ1) is 5.72. The maximum absolute atomic E-state index is 5.06. The molecule has 0 fully saturated rings. The second-order valence-electron chi connectivity index (χ2n) is 2.40. The van der Waals surface area contributed by atoms with Crippen molar-refractivity contribution < 1.29 is 9.47 Å². The minimum Gasteiger partial charge on any atom is -0.497 e. The van der Waals surface area contributed by atoms with Crippen LogP contribution in [0.5, 0.6) is 0 Å². The van der Waals surface area contributed by atoms with Gasteiger partial charge in [-0.2, -0.15) is 0 Å². The van der Waals surface area contributed by atoms with Gasteiger partial charge in [-0.15, -0.1) is 0 Å². The lowest BCUT2D eigenvalue weighted by Gasteiger charge is -2.02. The molecule has 0 aliphatic rings. The van der Waals surface area contributed by atoms with E-state index in [-0.39, 0.29) is 0 Å². The summed E-state index contributed by atoms with van der Waals surface area (Å²) in [5.74, 6) is 0.794. The smallest absolute Gasteiger partial charge is 0.121 e. The van der Waals surface area contributed by atoms with Gasteiger partial charge in [0.25, 0.3) is 0 Å². The van der Waals surface area contributed by atoms with Crippen LogP contribution in [0.1, 0.15) is 6.92 Å². The first-order valence-electron chi connectivity index (χ1n) is 3.78. The summed E-state index contributed by atoms with van der Waals surface area (Å²) in [6.07, 6.45) is 5.65. The van der Waals surface area contributed by atoms with Gasteiger partial charge in [-0.25, -0.2) is 0 Å². The zero-order chi connectivity index (χ0) is 9.40. The van der Waals surface area contributed by atoms with Gasteiger partial charge in [0, 0.05) is 7.11 Å². The van der Waals surface area contributed by atoms with Gasteiger partial charge in [0.1, 0.15) is 5.76 Å². The van der Waals surface area contributed by atoms with Crippen molar-refractivity contribution in [1.82, 2.24) is 0 Å². The minimum atomic E-state index is 0.615. The molecule has 0 unspecified atom stereocenters. The van der Waals surface area contributed by atoms with Crippen LogP contribution in [0.25, 0.3) is 0 Å². The fourth-order valence-electron chi connectivity index (χ4n) is 0.692. The van der Waals surface area contributed by atoms with E-state index in [4.69, 9.17) is 9.47 Å². The van der Waals surface area contributed by atoms with E-state index in [0.29, 0.717) is 6.61 Å². The fraction of sp³-hybridized carbons (Fsp3) is 0.400. The Morgan fingerprint density at radius 1 is 1.42 bits per heavy atom. The van der Waals surface area contributed by atoms with Crippen LogP contribution in [-0.4, -0.2) is 20.8 Å². The fourth-order valence-corrected chi connectivity index (χ4v) is 0.692. The second-order valence-corrected chi connectivity index (χ2v) is 2.40. The summed E-state index contributed by atoms with van der Waals surface area (Å²) in [5.41, 5.74) is 0.916. The lowest BCUT2D eigenvalue weighted by Crippen LogP contribution is -1.86. The van der Waals surface area contributed by atoms with Crippen molar-refractivity contribution in [2.24, 2.45) is 0 Å². The molecule has 2 nitrogen and oxygen atoms in total. The van der Waals surface area contributed by atoms with Crippen LogP contribution in [0.4, 0.5) is 0 Å². The number of ether oxygens (including phenoxy) is 2. The van der Waals surface area contributed by atoms with Crippen molar-refractivity contribution in [3.05, 3.63) is 36.1 Å². The molecule has 0 aliphatic carbocycles. The van der Waals surface area contributed by atoms with Crippen molar-refractivity contribution in [2.75, 3.05) is 20.8 Å². The topological polar surface area (TPSA) is 18.5 Å². The third kappa shape index (κ3) is 4.74. The summed E-state index contributed by atoms with van der Waals surface area (Å²) in [7, 11) is 3.29. The van der Waals surface area contributed by atoms with Crippen molar-refractivity contribution in [2.45, 2.75) is 6.92 Å². The average molecular weight is 168 g/mol. The number of hydrogen-bond acceptors (Lipinski definition) is 2. The molecule has 0 spiro atoms. The Labute approximate surface area is 74.2 Å². The van der Waals surface area contributed by atoms with Crippen molar-refractivity contribution >= 4 is 0 Å². The van der Waals surface area contributed by atoms with Gasteiger partial charge in [0.05, 0.1) is 13.7 Å². The Balaban J connectivity index is 4.02. The summed E-state index contributed by atoms with van der Waals surface area (Å²) in [6, 6.07) is 0. The van der Waals surface area contributed by atoms with Crippen molar-refractivity contribution in [3.63, 3.8) is 0 Å². The van der Waals surface area contributed by atoms with Crippen LogP contribution < -0.4 is 0 Å². The van der Waals surface area contributed by atoms with E-state index in [9.17, 15) is 0 Å². The summed E-state index contributed by atoms with van der Waals surface area (Å²) in [4.78, 5) is 0. The molecule has 0 aromatic rings. The highest BCUT2D eigenvalue weighted by atomic mass is 16.5. The quantitative estimate of drug-likeness (QED) is 0.463. The second kappa shape index (κ2) is 6.68. The van der Waals surface area contributed by atoms with E-state index in [2.05, 4.69) is 6.58 Å². The molecule has 0 saturated carbocycles. The number of allylic oxidation sites excluding steroid dienone is 3. The van der Waals surface area contributed by atoms with Crippen molar-refractivity contribution in [3.8, 4) is 0 Å². The zero-order valence-corrected chi connectivity index (χ0v) is 7.96. The first-order valence-corrected chi connectivity index (χ1v) is 3.78. The number of methoxy groups -OCH3 is 2. The van der Waals surface area contributed by atoms with Gasteiger partial charge >= 0.3 is 0 Å². The van der Waals surface area contributed by atoms with Crippen LogP contribution in [-0.2, 0) is 9.47 Å². The Bertz CT molecular complexity index is 190.